The molecular formula is C16H27N3O. The molecule has 1 fully saturated rings. The van der Waals surface area contributed by atoms with Crippen molar-refractivity contribution in [1.29, 1.82) is 0 Å². The minimum absolute atomic E-state index is 0.0699. The predicted molar refractivity (Wildman–Crippen MR) is 84.3 cm³/mol. The molecule has 4 heteroatoms. The lowest BCUT2D eigenvalue weighted by Crippen LogP contribution is -2.41. The second kappa shape index (κ2) is 6.93. The second-order valence-corrected chi connectivity index (χ2v) is 5.77. The molecular weight excluding hydrogens is 250 g/mol. The lowest BCUT2D eigenvalue weighted by Gasteiger charge is -2.35. The number of piperidine rings is 1. The third-order valence-electron chi connectivity index (χ3n) is 4.41. The number of likely N-dealkylation sites (tertiary alicyclic amines) is 1. The summed E-state index contributed by atoms with van der Waals surface area (Å²) in [5.74, 6) is 0.686. The van der Waals surface area contributed by atoms with E-state index in [2.05, 4.69) is 24.1 Å². The summed E-state index contributed by atoms with van der Waals surface area (Å²) in [7, 11) is 0. The summed E-state index contributed by atoms with van der Waals surface area (Å²) < 4.78 is 1.74. The van der Waals surface area contributed by atoms with E-state index in [4.69, 9.17) is 0 Å². The Morgan fingerprint density at radius 3 is 2.85 bits per heavy atom. The van der Waals surface area contributed by atoms with E-state index in [1.807, 2.05) is 19.2 Å². The standard InChI is InChI=1S/C16H27N3O/c1-4-18-10-6-7-14(11-18)13(3)17-15-8-9-16(20)19(5-2)12-15/h8-9,12-14,17H,4-7,10-11H2,1-3H3. The van der Waals surface area contributed by atoms with Gasteiger partial charge in [-0.2, -0.15) is 0 Å². The van der Waals surface area contributed by atoms with Crippen molar-refractivity contribution in [3.63, 3.8) is 0 Å². The fraction of sp³-hybridized carbons (Fsp3) is 0.688. The molecule has 1 saturated heterocycles. The Labute approximate surface area is 121 Å². The van der Waals surface area contributed by atoms with Crippen LogP contribution in [0.5, 0.6) is 0 Å². The lowest BCUT2D eigenvalue weighted by molar-refractivity contribution is 0.172. The van der Waals surface area contributed by atoms with Crippen LogP contribution in [-0.2, 0) is 6.54 Å². The second-order valence-electron chi connectivity index (χ2n) is 5.77. The van der Waals surface area contributed by atoms with Gasteiger partial charge in [0.25, 0.3) is 5.56 Å². The molecule has 1 aliphatic heterocycles. The van der Waals surface area contributed by atoms with Gasteiger partial charge in [-0.05, 0) is 51.8 Å². The summed E-state index contributed by atoms with van der Waals surface area (Å²) >= 11 is 0. The number of hydrogen-bond donors (Lipinski definition) is 1. The van der Waals surface area contributed by atoms with Gasteiger partial charge in [0.2, 0.25) is 0 Å². The van der Waals surface area contributed by atoms with E-state index in [1.165, 1.54) is 25.9 Å². The van der Waals surface area contributed by atoms with Gasteiger partial charge in [0.05, 0.1) is 5.69 Å². The Bertz CT molecular complexity index is 483. The van der Waals surface area contributed by atoms with Crippen molar-refractivity contribution in [3.8, 4) is 0 Å². The van der Waals surface area contributed by atoms with Crippen LogP contribution in [0.25, 0.3) is 0 Å². The van der Waals surface area contributed by atoms with Crippen molar-refractivity contribution >= 4 is 5.69 Å². The van der Waals surface area contributed by atoms with Gasteiger partial charge in [0.1, 0.15) is 0 Å². The van der Waals surface area contributed by atoms with Crippen LogP contribution in [0.2, 0.25) is 0 Å². The number of anilines is 1. The Balaban J connectivity index is 2.00. The maximum absolute atomic E-state index is 11.6. The quantitative estimate of drug-likeness (QED) is 0.898. The highest BCUT2D eigenvalue weighted by Crippen LogP contribution is 2.21. The zero-order valence-electron chi connectivity index (χ0n) is 12.9. The molecule has 4 nitrogen and oxygen atoms in total. The largest absolute Gasteiger partial charge is 0.381 e. The lowest BCUT2D eigenvalue weighted by atomic mass is 9.91. The van der Waals surface area contributed by atoms with Gasteiger partial charge in [-0.25, -0.2) is 0 Å². The molecule has 2 heterocycles. The van der Waals surface area contributed by atoms with Gasteiger partial charge >= 0.3 is 0 Å². The number of aryl methyl sites for hydroxylation is 1. The first-order valence-electron chi connectivity index (χ1n) is 7.83. The predicted octanol–water partition coefficient (Wildman–Crippen LogP) is 2.40. The summed E-state index contributed by atoms with van der Waals surface area (Å²) in [5, 5.41) is 3.57. The summed E-state index contributed by atoms with van der Waals surface area (Å²) in [6.45, 7) is 10.8. The minimum atomic E-state index is 0.0699. The van der Waals surface area contributed by atoms with E-state index < -0.39 is 0 Å². The number of rotatable bonds is 5. The normalized spacial score (nSPS) is 21.6. The third kappa shape index (κ3) is 3.63. The van der Waals surface area contributed by atoms with Crippen molar-refractivity contribution in [2.75, 3.05) is 25.0 Å². The zero-order valence-corrected chi connectivity index (χ0v) is 12.9. The van der Waals surface area contributed by atoms with Gasteiger partial charge in [0, 0.05) is 31.4 Å². The van der Waals surface area contributed by atoms with Crippen LogP contribution in [0.15, 0.2) is 23.1 Å². The van der Waals surface area contributed by atoms with E-state index in [1.54, 1.807) is 10.6 Å². The van der Waals surface area contributed by atoms with Gasteiger partial charge in [-0.15, -0.1) is 0 Å². The minimum Gasteiger partial charge on any atom is -0.381 e. The monoisotopic (exact) mass is 277 g/mol. The van der Waals surface area contributed by atoms with Crippen molar-refractivity contribution < 1.29 is 0 Å². The first-order valence-corrected chi connectivity index (χ1v) is 7.83. The number of pyridine rings is 1. The maximum Gasteiger partial charge on any atom is 0.250 e. The number of aromatic nitrogens is 1. The van der Waals surface area contributed by atoms with E-state index in [0.29, 0.717) is 12.0 Å². The van der Waals surface area contributed by atoms with E-state index in [0.717, 1.165) is 18.8 Å². The van der Waals surface area contributed by atoms with Crippen LogP contribution < -0.4 is 10.9 Å². The highest BCUT2D eigenvalue weighted by Gasteiger charge is 2.23. The van der Waals surface area contributed by atoms with Crippen LogP contribution in [0.4, 0.5) is 5.69 Å². The molecule has 0 amide bonds. The van der Waals surface area contributed by atoms with Crippen LogP contribution >= 0.6 is 0 Å². The van der Waals surface area contributed by atoms with Crippen LogP contribution in [0, 0.1) is 5.92 Å². The first-order chi connectivity index (χ1) is 9.63. The zero-order chi connectivity index (χ0) is 14.5. The smallest absolute Gasteiger partial charge is 0.250 e. The third-order valence-corrected chi connectivity index (χ3v) is 4.41. The topological polar surface area (TPSA) is 37.3 Å². The van der Waals surface area contributed by atoms with Crippen molar-refractivity contribution in [2.45, 2.75) is 46.2 Å². The Kier molecular flexibility index (Phi) is 5.24. The molecule has 1 aromatic heterocycles. The molecule has 1 aromatic rings. The maximum atomic E-state index is 11.6. The molecule has 2 atom stereocenters. The van der Waals surface area contributed by atoms with E-state index >= 15 is 0 Å². The Morgan fingerprint density at radius 1 is 1.35 bits per heavy atom. The molecule has 0 aliphatic carbocycles. The van der Waals surface area contributed by atoms with Crippen molar-refractivity contribution in [3.05, 3.63) is 28.7 Å². The first kappa shape index (κ1) is 15.1. The summed E-state index contributed by atoms with van der Waals surface area (Å²) in [4.78, 5) is 14.1. The average molecular weight is 277 g/mol. The Hall–Kier alpha value is -1.29. The summed E-state index contributed by atoms with van der Waals surface area (Å²) in [6.07, 6.45) is 4.51. The number of hydrogen-bond acceptors (Lipinski definition) is 3. The fourth-order valence-corrected chi connectivity index (χ4v) is 3.03. The van der Waals surface area contributed by atoms with Gasteiger partial charge < -0.3 is 14.8 Å². The fourth-order valence-electron chi connectivity index (χ4n) is 3.03. The molecule has 0 saturated carbocycles. The number of nitrogens with one attached hydrogen (secondary N) is 1. The molecule has 112 valence electrons. The van der Waals surface area contributed by atoms with E-state index in [-0.39, 0.29) is 5.56 Å². The molecule has 0 spiro atoms. The van der Waals surface area contributed by atoms with E-state index in [9.17, 15) is 4.79 Å². The molecule has 0 radical (unpaired) electrons. The summed E-state index contributed by atoms with van der Waals surface area (Å²) in [6, 6.07) is 3.98. The molecule has 1 N–H and O–H groups in total. The Morgan fingerprint density at radius 2 is 2.15 bits per heavy atom. The summed E-state index contributed by atoms with van der Waals surface area (Å²) in [5.41, 5.74) is 1.12. The SMILES string of the molecule is CCN1CCCC(C(C)Nc2ccc(=O)n(CC)c2)C1. The van der Waals surface area contributed by atoms with Gasteiger partial charge in [-0.1, -0.05) is 6.92 Å². The van der Waals surface area contributed by atoms with Crippen LogP contribution in [0.3, 0.4) is 0 Å². The highest BCUT2D eigenvalue weighted by atomic mass is 16.1. The molecule has 2 rings (SSSR count). The molecule has 0 aromatic carbocycles. The molecule has 0 bridgehead atoms. The van der Waals surface area contributed by atoms with Crippen LogP contribution in [-0.4, -0.2) is 35.1 Å². The van der Waals surface area contributed by atoms with Crippen molar-refractivity contribution in [2.24, 2.45) is 5.92 Å². The highest BCUT2D eigenvalue weighted by molar-refractivity contribution is 5.41. The average Bonchev–Trinajstić information content (AvgIpc) is 2.49. The molecule has 2 unspecified atom stereocenters. The van der Waals surface area contributed by atoms with Crippen LogP contribution in [0.1, 0.15) is 33.6 Å². The van der Waals surface area contributed by atoms with Gasteiger partial charge in [0.15, 0.2) is 0 Å². The van der Waals surface area contributed by atoms with Gasteiger partial charge in [-0.3, -0.25) is 4.79 Å². The molecule has 20 heavy (non-hydrogen) atoms. The molecule has 1 aliphatic rings. The van der Waals surface area contributed by atoms with Crippen molar-refractivity contribution in [1.82, 2.24) is 9.47 Å². The number of nitrogens with zero attached hydrogens (tertiary/aromatic N) is 2.